The van der Waals surface area contributed by atoms with Crippen LogP contribution in [-0.2, 0) is 0 Å². The van der Waals surface area contributed by atoms with E-state index < -0.39 is 5.91 Å². The molecule has 0 unspecified atom stereocenters. The molecule has 0 radical (unpaired) electrons. The van der Waals surface area contributed by atoms with Gasteiger partial charge in [0.25, 0.3) is 0 Å². The van der Waals surface area contributed by atoms with E-state index >= 15 is 0 Å². The molecule has 0 bridgehead atoms. The normalized spacial score (nSPS) is 11.8. The summed E-state index contributed by atoms with van der Waals surface area (Å²) < 4.78 is 6.41. The maximum absolute atomic E-state index is 12.4. The highest BCUT2D eigenvalue weighted by Gasteiger charge is 2.18. The molecule has 0 saturated carbocycles. The van der Waals surface area contributed by atoms with Crippen LogP contribution in [-0.4, -0.2) is 16.0 Å². The first-order valence-corrected chi connectivity index (χ1v) is 8.28. The number of aromatic hydroxyl groups is 1. The van der Waals surface area contributed by atoms with Gasteiger partial charge in [0.05, 0.1) is 5.52 Å². The predicted molar refractivity (Wildman–Crippen MR) is 97.5 cm³/mol. The summed E-state index contributed by atoms with van der Waals surface area (Å²) in [6, 6.07) is 12.8. The third kappa shape index (κ3) is 2.62. The first kappa shape index (κ1) is 15.6. The highest BCUT2D eigenvalue weighted by atomic mass is 79.9. The lowest BCUT2D eigenvalue weighted by Crippen LogP contribution is -1.93. The zero-order chi connectivity index (χ0) is 17.6. The number of rotatable bonds is 2. The fourth-order valence-corrected chi connectivity index (χ4v) is 3.12. The lowest BCUT2D eigenvalue weighted by Gasteiger charge is -1.93. The number of fused-ring (bicyclic) bond motifs is 2. The van der Waals surface area contributed by atoms with E-state index in [0.29, 0.717) is 22.0 Å². The molecule has 2 N–H and O–H groups in total. The van der Waals surface area contributed by atoms with E-state index in [-0.39, 0.29) is 17.3 Å². The van der Waals surface area contributed by atoms with Gasteiger partial charge >= 0.3 is 5.91 Å². The van der Waals surface area contributed by atoms with Crippen LogP contribution in [0.5, 0.6) is 5.88 Å². The Morgan fingerprint density at radius 3 is 2.80 bits per heavy atom. The SMILES string of the molecule is Cc1c(C(=O)N=Nc2c(O)[nH]c3ccc(Br)cc23)oc2ccccc12. The number of azo groups is 1. The van der Waals surface area contributed by atoms with Crippen molar-refractivity contribution in [1.82, 2.24) is 4.98 Å². The molecule has 0 aliphatic rings. The first-order chi connectivity index (χ1) is 12.0. The van der Waals surface area contributed by atoms with Crippen LogP contribution >= 0.6 is 15.9 Å². The Morgan fingerprint density at radius 2 is 2.00 bits per heavy atom. The van der Waals surface area contributed by atoms with Crippen molar-refractivity contribution >= 4 is 49.4 Å². The largest absolute Gasteiger partial charge is 0.493 e. The van der Waals surface area contributed by atoms with Crippen molar-refractivity contribution < 1.29 is 14.3 Å². The summed E-state index contributed by atoms with van der Waals surface area (Å²) in [5.41, 5.74) is 2.24. The molecule has 4 rings (SSSR count). The lowest BCUT2D eigenvalue weighted by atomic mass is 10.1. The minimum Gasteiger partial charge on any atom is -0.493 e. The molecule has 124 valence electrons. The number of hydrogen-bond acceptors (Lipinski definition) is 4. The van der Waals surface area contributed by atoms with Crippen LogP contribution < -0.4 is 0 Å². The van der Waals surface area contributed by atoms with Gasteiger partial charge in [0, 0.05) is 20.8 Å². The molecule has 4 aromatic rings. The highest BCUT2D eigenvalue weighted by molar-refractivity contribution is 9.10. The molecule has 2 aromatic carbocycles. The number of para-hydroxylation sites is 1. The highest BCUT2D eigenvalue weighted by Crippen LogP contribution is 2.37. The minimum atomic E-state index is -0.600. The maximum atomic E-state index is 12.4. The number of carbonyl (C=O) groups is 1. The molecular weight excluding hydrogens is 386 g/mol. The third-order valence-electron chi connectivity index (χ3n) is 3.99. The van der Waals surface area contributed by atoms with Crippen molar-refractivity contribution in [2.24, 2.45) is 10.2 Å². The van der Waals surface area contributed by atoms with Gasteiger partial charge in [-0.25, -0.2) is 0 Å². The molecule has 1 amide bonds. The fourth-order valence-electron chi connectivity index (χ4n) is 2.76. The van der Waals surface area contributed by atoms with E-state index in [0.717, 1.165) is 9.86 Å². The third-order valence-corrected chi connectivity index (χ3v) is 4.49. The number of benzene rings is 2. The smallest absolute Gasteiger partial charge is 0.331 e. The second-order valence-corrected chi connectivity index (χ2v) is 6.49. The number of aromatic amines is 1. The second-order valence-electron chi connectivity index (χ2n) is 5.57. The molecule has 0 atom stereocenters. The summed E-state index contributed by atoms with van der Waals surface area (Å²) in [6.45, 7) is 1.80. The lowest BCUT2D eigenvalue weighted by molar-refractivity contribution is 0.0970. The van der Waals surface area contributed by atoms with Crippen LogP contribution in [0.1, 0.15) is 16.1 Å². The summed E-state index contributed by atoms with van der Waals surface area (Å²) in [4.78, 5) is 15.2. The van der Waals surface area contributed by atoms with Crippen molar-refractivity contribution in [2.75, 3.05) is 0 Å². The number of hydrogen-bond donors (Lipinski definition) is 2. The number of amides is 1. The van der Waals surface area contributed by atoms with Gasteiger partial charge in [-0.05, 0) is 31.2 Å². The van der Waals surface area contributed by atoms with Crippen LogP contribution in [0, 0.1) is 6.92 Å². The molecule has 0 aliphatic carbocycles. The van der Waals surface area contributed by atoms with Gasteiger partial charge in [0.2, 0.25) is 5.88 Å². The van der Waals surface area contributed by atoms with Gasteiger partial charge < -0.3 is 14.5 Å². The maximum Gasteiger partial charge on any atom is 0.331 e. The average Bonchev–Trinajstić information content (AvgIpc) is 3.10. The Bertz CT molecular complexity index is 1160. The summed E-state index contributed by atoms with van der Waals surface area (Å²) in [6.07, 6.45) is 0. The summed E-state index contributed by atoms with van der Waals surface area (Å²) >= 11 is 3.37. The van der Waals surface area contributed by atoms with E-state index in [1.54, 1.807) is 25.1 Å². The molecule has 7 heteroatoms. The van der Waals surface area contributed by atoms with Crippen molar-refractivity contribution in [3.63, 3.8) is 0 Å². The topological polar surface area (TPSA) is 91.0 Å². The Kier molecular flexibility index (Phi) is 3.65. The minimum absolute atomic E-state index is 0.144. The number of nitrogens with one attached hydrogen (secondary N) is 1. The molecular formula is C18H12BrN3O3. The Labute approximate surface area is 150 Å². The molecule has 0 saturated heterocycles. The van der Waals surface area contributed by atoms with Crippen LogP contribution in [0.3, 0.4) is 0 Å². The van der Waals surface area contributed by atoms with E-state index in [2.05, 4.69) is 31.1 Å². The Balaban J connectivity index is 1.74. The number of furan rings is 1. The fraction of sp³-hybridized carbons (Fsp3) is 0.0556. The van der Waals surface area contributed by atoms with Crippen molar-refractivity contribution in [1.29, 1.82) is 0 Å². The number of halogens is 1. The molecule has 2 aromatic heterocycles. The summed E-state index contributed by atoms with van der Waals surface area (Å²) in [5.74, 6) is -0.603. The van der Waals surface area contributed by atoms with Crippen molar-refractivity contribution in [3.05, 3.63) is 58.3 Å². The van der Waals surface area contributed by atoms with Crippen LogP contribution in [0.2, 0.25) is 0 Å². The Morgan fingerprint density at radius 1 is 1.20 bits per heavy atom. The van der Waals surface area contributed by atoms with Gasteiger partial charge in [0.15, 0.2) is 11.4 Å². The summed E-state index contributed by atoms with van der Waals surface area (Å²) in [5, 5.41) is 19.2. The number of aromatic nitrogens is 1. The van der Waals surface area contributed by atoms with E-state index in [9.17, 15) is 9.90 Å². The molecule has 0 aliphatic heterocycles. The average molecular weight is 398 g/mol. The van der Waals surface area contributed by atoms with E-state index in [1.807, 2.05) is 24.3 Å². The van der Waals surface area contributed by atoms with E-state index in [4.69, 9.17) is 4.42 Å². The quantitative estimate of drug-likeness (QED) is 0.430. The molecule has 0 spiro atoms. The monoisotopic (exact) mass is 397 g/mol. The van der Waals surface area contributed by atoms with Gasteiger partial charge in [-0.2, -0.15) is 0 Å². The second kappa shape index (κ2) is 5.86. The van der Waals surface area contributed by atoms with Gasteiger partial charge in [-0.3, -0.25) is 4.79 Å². The molecule has 0 fully saturated rings. The van der Waals surface area contributed by atoms with Gasteiger partial charge in [0.1, 0.15) is 5.58 Å². The van der Waals surface area contributed by atoms with Crippen molar-refractivity contribution in [3.8, 4) is 5.88 Å². The standard InChI is InChI=1S/C18H12BrN3O3/c1-9-11-4-2-3-5-14(11)25-16(9)18(24)22-21-15-12-8-10(19)6-7-13(12)20-17(15)23/h2-8,20,23H,1H3. The van der Waals surface area contributed by atoms with Crippen LogP contribution in [0.15, 0.2) is 61.6 Å². The first-order valence-electron chi connectivity index (χ1n) is 7.49. The van der Waals surface area contributed by atoms with Crippen molar-refractivity contribution in [2.45, 2.75) is 6.92 Å². The van der Waals surface area contributed by atoms with Gasteiger partial charge in [-0.1, -0.05) is 34.1 Å². The number of H-pyrrole nitrogens is 1. The van der Waals surface area contributed by atoms with E-state index in [1.165, 1.54) is 0 Å². The van der Waals surface area contributed by atoms with Gasteiger partial charge in [-0.15, -0.1) is 10.2 Å². The molecule has 6 nitrogen and oxygen atoms in total. The van der Waals surface area contributed by atoms with Crippen LogP contribution in [0.4, 0.5) is 5.69 Å². The number of nitrogens with zero attached hydrogens (tertiary/aromatic N) is 2. The number of aryl methyl sites for hydroxylation is 1. The Hall–Kier alpha value is -2.93. The zero-order valence-electron chi connectivity index (χ0n) is 13.1. The zero-order valence-corrected chi connectivity index (χ0v) is 14.7. The molecule has 25 heavy (non-hydrogen) atoms. The predicted octanol–water partition coefficient (Wildman–Crippen LogP) is 5.61. The van der Waals surface area contributed by atoms with Crippen LogP contribution in [0.25, 0.3) is 21.9 Å². The molecule has 2 heterocycles. The number of carbonyl (C=O) groups excluding carboxylic acids is 1. The summed E-state index contributed by atoms with van der Waals surface area (Å²) in [7, 11) is 0.